The molecule has 4 fully saturated rings. The molecule has 2 amide bonds. The lowest BCUT2D eigenvalue weighted by Crippen LogP contribution is -2.27. The predicted molar refractivity (Wildman–Crippen MR) is 439 cm³/mol. The summed E-state index contributed by atoms with van der Waals surface area (Å²) in [7, 11) is 1.34. The number of rotatable bonds is 22. The van der Waals surface area contributed by atoms with E-state index < -0.39 is 40.9 Å². The van der Waals surface area contributed by atoms with E-state index in [0.717, 1.165) is 118 Å². The molecule has 22 heteroatoms. The van der Waals surface area contributed by atoms with Crippen LogP contribution in [0.25, 0.3) is 0 Å². The standard InChI is InChI=1S/2C26H24FNO4.C17H15FO3.C16H14BrFO.C10H10ClFO/c1-31-25(30)20-5-3-18(4-6-20)17-28-24(29)19-7-9-21(10-8-19)26(15-2-16-32-26)22-11-13-23(27)14-12-22;27-23-12-10-22(11-13-23)26(14-1-15-32-26)21-8-6-20(7-9-21)25(31)28-16-18-2-4-19(5-3-18)24(30)17-29;18-15-8-6-14(7-9-15)17(10-1-11-21-17)13-4-2-12(3-5-13)16(19)20;17-14-6-2-12(3-7-14)16(10-1-11-19-16)13-4-8-15(18)9-5-13;11-7-1-2-10(13)8-3-5-9(12)6-4-8/h3-14H,2,15-17H2,1H3,(H,28,29);2-13,29H,1,14-17H2,(H,28,31);2-9H,1,10-11H2,(H,19,20);2-9H,1,10-11H2;3-6H,1-2,7H2. The van der Waals surface area contributed by atoms with Gasteiger partial charge in [-0.2, -0.15) is 0 Å². The van der Waals surface area contributed by atoms with Gasteiger partial charge in [0.15, 0.2) is 11.6 Å². The maximum Gasteiger partial charge on any atom is 0.337 e. The maximum absolute atomic E-state index is 13.4. The van der Waals surface area contributed by atoms with Crippen LogP contribution in [-0.2, 0) is 59.2 Å². The van der Waals surface area contributed by atoms with Crippen LogP contribution in [0.5, 0.6) is 0 Å². The van der Waals surface area contributed by atoms with Gasteiger partial charge in [-0.15, -0.1) is 11.6 Å². The van der Waals surface area contributed by atoms with Crippen LogP contribution in [-0.4, -0.2) is 91.6 Å². The molecule has 0 aromatic heterocycles. The number of aromatic carboxylic acids is 1. The van der Waals surface area contributed by atoms with Crippen LogP contribution in [0.15, 0.2) is 271 Å². The molecule has 4 aliphatic rings. The van der Waals surface area contributed by atoms with E-state index in [4.69, 9.17) is 40.8 Å². The van der Waals surface area contributed by atoms with Crippen molar-refractivity contribution in [2.75, 3.05) is 46.0 Å². The van der Waals surface area contributed by atoms with Gasteiger partial charge in [-0.1, -0.05) is 149 Å². The summed E-state index contributed by atoms with van der Waals surface area (Å²) in [5.41, 5.74) is 9.80. The molecular formula is C95H87BrClF5N2O13. The number of ether oxygens (including phenoxy) is 5. The Morgan fingerprint density at radius 3 is 0.906 bits per heavy atom. The number of benzene rings is 11. The van der Waals surface area contributed by atoms with Crippen LogP contribution in [0.4, 0.5) is 22.0 Å². The van der Waals surface area contributed by atoms with Gasteiger partial charge in [0.1, 0.15) is 58.1 Å². The van der Waals surface area contributed by atoms with Crippen molar-refractivity contribution in [1.29, 1.82) is 0 Å². The summed E-state index contributed by atoms with van der Waals surface area (Å²) in [5.74, 6) is -3.01. The molecule has 0 spiro atoms. The Labute approximate surface area is 689 Å². The first-order valence-electron chi connectivity index (χ1n) is 38.3. The van der Waals surface area contributed by atoms with Crippen LogP contribution in [0.2, 0.25) is 0 Å². The lowest BCUT2D eigenvalue weighted by Gasteiger charge is -2.30. The van der Waals surface area contributed by atoms with E-state index in [1.165, 1.54) is 79.9 Å². The third-order valence-corrected chi connectivity index (χ3v) is 21.7. The number of aliphatic hydroxyl groups excluding tert-OH is 1. The van der Waals surface area contributed by atoms with Crippen molar-refractivity contribution >= 4 is 62.9 Å². The van der Waals surface area contributed by atoms with Gasteiger partial charge in [-0.05, 0) is 247 Å². The second-order valence-corrected chi connectivity index (χ2v) is 29.5. The van der Waals surface area contributed by atoms with E-state index in [1.807, 2.05) is 48.5 Å². The van der Waals surface area contributed by atoms with Crippen LogP contribution >= 0.6 is 27.5 Å². The van der Waals surface area contributed by atoms with E-state index in [0.29, 0.717) is 79.4 Å². The third kappa shape index (κ3) is 21.9. The summed E-state index contributed by atoms with van der Waals surface area (Å²) in [6.07, 6.45) is 8.16. The number of carboxylic acids is 1. The minimum Gasteiger partial charge on any atom is -0.478 e. The molecule has 11 aromatic carbocycles. The molecule has 4 saturated heterocycles. The predicted octanol–water partition coefficient (Wildman–Crippen LogP) is 19.8. The summed E-state index contributed by atoms with van der Waals surface area (Å²) < 4.78 is 95.6. The van der Waals surface area contributed by atoms with Crippen LogP contribution in [0, 0.1) is 29.1 Å². The zero-order valence-electron chi connectivity index (χ0n) is 64.2. The highest BCUT2D eigenvalue weighted by atomic mass is 79.9. The van der Waals surface area contributed by atoms with E-state index in [9.17, 15) is 50.7 Å². The van der Waals surface area contributed by atoms with Gasteiger partial charge in [-0.3, -0.25) is 19.2 Å². The van der Waals surface area contributed by atoms with Gasteiger partial charge in [0.05, 0.1) is 18.2 Å². The first-order chi connectivity index (χ1) is 56.6. The number of methoxy groups -OCH3 is 1. The van der Waals surface area contributed by atoms with E-state index in [-0.39, 0.29) is 58.0 Å². The fraction of sp³-hybridized carbons (Fsp3) is 0.242. The van der Waals surface area contributed by atoms with E-state index in [2.05, 4.69) is 43.4 Å². The number of Topliss-reactive ketones (excluding diaryl/α,β-unsaturated/α-hetero) is 2. The topological polar surface area (TPSA) is 213 Å². The highest BCUT2D eigenvalue weighted by molar-refractivity contribution is 9.10. The molecule has 4 aliphatic heterocycles. The number of carboxylic acid groups (broad SMARTS) is 1. The zero-order chi connectivity index (χ0) is 83.0. The normalized spacial score (nSPS) is 18.3. The van der Waals surface area contributed by atoms with Crippen molar-refractivity contribution in [1.82, 2.24) is 10.6 Å². The summed E-state index contributed by atoms with van der Waals surface area (Å²) in [5, 5.41) is 23.6. The lowest BCUT2D eigenvalue weighted by molar-refractivity contribution is 0.0357. The van der Waals surface area contributed by atoms with Crippen LogP contribution < -0.4 is 10.6 Å². The second-order valence-electron chi connectivity index (χ2n) is 28.2. The second kappa shape index (κ2) is 41.1. The average molecular weight is 1680 g/mol. The molecule has 4 N–H and O–H groups in total. The fourth-order valence-electron chi connectivity index (χ4n) is 14.7. The number of carbonyl (C=O) groups is 6. The smallest absolute Gasteiger partial charge is 0.337 e. The number of nitrogens with one attached hydrogen (secondary N) is 2. The van der Waals surface area contributed by atoms with Crippen molar-refractivity contribution in [2.24, 2.45) is 0 Å². The molecule has 4 heterocycles. The minimum absolute atomic E-state index is 0.0145. The Morgan fingerprint density at radius 2 is 0.632 bits per heavy atom. The zero-order valence-corrected chi connectivity index (χ0v) is 66.5. The van der Waals surface area contributed by atoms with E-state index >= 15 is 0 Å². The number of ketones is 2. The van der Waals surface area contributed by atoms with Crippen molar-refractivity contribution in [3.05, 3.63) is 389 Å². The van der Waals surface area contributed by atoms with Gasteiger partial charge in [-0.25, -0.2) is 31.5 Å². The van der Waals surface area contributed by atoms with Crippen molar-refractivity contribution < 1.29 is 84.6 Å². The summed E-state index contributed by atoms with van der Waals surface area (Å²) in [6, 6.07) is 74.4. The molecule has 11 aromatic rings. The third-order valence-electron chi connectivity index (χ3n) is 20.9. The van der Waals surface area contributed by atoms with Crippen molar-refractivity contribution in [3.8, 4) is 0 Å². The monoisotopic (exact) mass is 1670 g/mol. The number of aliphatic hydroxyl groups is 1. The van der Waals surface area contributed by atoms with Crippen molar-refractivity contribution in [2.45, 2.75) is 99.7 Å². The Bertz CT molecular complexity index is 4880. The molecule has 0 saturated carbocycles. The van der Waals surface area contributed by atoms with Crippen LogP contribution in [0.3, 0.4) is 0 Å². The molecule has 4 atom stereocenters. The number of hydrogen-bond donors (Lipinski definition) is 4. The molecular weight excluding hydrogens is 1590 g/mol. The van der Waals surface area contributed by atoms with E-state index in [1.54, 1.807) is 133 Å². The molecule has 15 rings (SSSR count). The number of carbonyl (C=O) groups excluding carboxylic acids is 5. The average Bonchev–Trinajstić information content (AvgIpc) is 1.73. The Balaban J connectivity index is 0.000000148. The largest absolute Gasteiger partial charge is 0.478 e. The Kier molecular flexibility index (Phi) is 30.5. The number of esters is 1. The summed E-state index contributed by atoms with van der Waals surface area (Å²) in [4.78, 5) is 70.5. The Morgan fingerprint density at radius 1 is 0.376 bits per heavy atom. The Hall–Kier alpha value is -11.1. The van der Waals surface area contributed by atoms with Gasteiger partial charge in [0, 0.05) is 78.5 Å². The number of hydrogen-bond acceptors (Lipinski definition) is 12. The summed E-state index contributed by atoms with van der Waals surface area (Å²) >= 11 is 8.89. The van der Waals surface area contributed by atoms with Gasteiger partial charge in [0.2, 0.25) is 0 Å². The SMILES string of the molecule is COC(=O)c1ccc(CNC(=O)c2ccc(C3(c4ccc(F)cc4)CCCO3)cc2)cc1.Fc1ccc(C2(c3ccc(Br)cc3)CCCO2)cc1.O=C(CCCCl)c1ccc(F)cc1.O=C(CO)c1ccc(CNC(=O)c2ccc(C3(c4ccc(F)cc4)CCCO3)cc2)cc1.O=C(O)c1ccc(C2(c3ccc(F)cc3)CCCO2)cc1. The number of alkyl halides is 1. The maximum atomic E-state index is 13.4. The molecule has 604 valence electrons. The van der Waals surface area contributed by atoms with Gasteiger partial charge >= 0.3 is 11.9 Å². The first kappa shape index (κ1) is 86.7. The van der Waals surface area contributed by atoms with Crippen LogP contribution in [0.1, 0.15) is 182 Å². The molecule has 0 radical (unpaired) electrons. The first-order valence-corrected chi connectivity index (χ1v) is 39.6. The lowest BCUT2D eigenvalue weighted by atomic mass is 9.83. The molecule has 0 aliphatic carbocycles. The molecule has 15 nitrogen and oxygen atoms in total. The number of halogens is 7. The summed E-state index contributed by atoms with van der Waals surface area (Å²) in [6.45, 7) is 2.77. The molecule has 4 unspecified atom stereocenters. The van der Waals surface area contributed by atoms with Gasteiger partial charge < -0.3 is 44.5 Å². The highest BCUT2D eigenvalue weighted by Gasteiger charge is 2.43. The molecule has 117 heavy (non-hydrogen) atoms. The highest BCUT2D eigenvalue weighted by Crippen LogP contribution is 2.46. The number of amides is 2. The fourth-order valence-corrected chi connectivity index (χ4v) is 15.1. The van der Waals surface area contributed by atoms with Gasteiger partial charge in [0.25, 0.3) is 11.8 Å². The molecule has 0 bridgehead atoms. The van der Waals surface area contributed by atoms with Crippen molar-refractivity contribution in [3.63, 3.8) is 0 Å². The minimum atomic E-state index is -0.954. The quantitative estimate of drug-likeness (QED) is 0.0215.